The minimum absolute atomic E-state index is 0.684. The van der Waals surface area contributed by atoms with E-state index in [4.69, 9.17) is 16.3 Å². The summed E-state index contributed by atoms with van der Waals surface area (Å²) in [5.41, 5.74) is 1.95. The quantitative estimate of drug-likeness (QED) is 0.648. The molecule has 1 N–H and O–H groups in total. The first-order valence-electron chi connectivity index (χ1n) is 5.73. The number of nitrogens with zero attached hydrogens (tertiary/aromatic N) is 1. The molecule has 0 aliphatic heterocycles. The van der Waals surface area contributed by atoms with E-state index in [2.05, 4.69) is 26.2 Å². The van der Waals surface area contributed by atoms with Gasteiger partial charge >= 0.3 is 0 Å². The molecule has 0 aliphatic rings. The monoisotopic (exact) mass is 328 g/mol. The number of halogens is 2. The van der Waals surface area contributed by atoms with Gasteiger partial charge in [0, 0.05) is 34.2 Å². The summed E-state index contributed by atoms with van der Waals surface area (Å²) in [7, 11) is 0. The predicted molar refractivity (Wildman–Crippen MR) is 79.9 cm³/mol. The Balaban J connectivity index is 2.04. The van der Waals surface area contributed by atoms with Gasteiger partial charge < -0.3 is 10.1 Å². The van der Waals surface area contributed by atoms with Crippen LogP contribution in [0.15, 0.2) is 30.5 Å². The van der Waals surface area contributed by atoms with Crippen LogP contribution >= 0.6 is 27.5 Å². The second-order valence-corrected chi connectivity index (χ2v) is 4.98. The second kappa shape index (κ2) is 6.92. The number of alkyl halides is 1. The van der Waals surface area contributed by atoms with Gasteiger partial charge in [0.15, 0.2) is 0 Å². The molecule has 0 amide bonds. The average Bonchev–Trinajstić information content (AvgIpc) is 2.38. The number of anilines is 1. The SMILES string of the molecule is Clc1ccc2c(NCCOCCBr)ccnc2c1. The number of nitrogens with one attached hydrogen (secondary N) is 1. The average molecular weight is 330 g/mol. The van der Waals surface area contributed by atoms with Crippen LogP contribution in [0.1, 0.15) is 0 Å². The molecule has 18 heavy (non-hydrogen) atoms. The molecule has 5 heteroatoms. The van der Waals surface area contributed by atoms with Crippen molar-refractivity contribution >= 4 is 44.1 Å². The first kappa shape index (κ1) is 13.6. The van der Waals surface area contributed by atoms with E-state index in [1.165, 1.54) is 0 Å². The van der Waals surface area contributed by atoms with Crippen molar-refractivity contribution < 1.29 is 4.74 Å². The van der Waals surface area contributed by atoms with E-state index in [1.54, 1.807) is 6.20 Å². The highest BCUT2D eigenvalue weighted by Gasteiger charge is 2.01. The molecule has 1 aromatic carbocycles. The highest BCUT2D eigenvalue weighted by molar-refractivity contribution is 9.09. The van der Waals surface area contributed by atoms with Crippen LogP contribution in [-0.4, -0.2) is 30.1 Å². The Labute approximate surface area is 120 Å². The molecule has 0 saturated carbocycles. The Hall–Kier alpha value is -0.840. The lowest BCUT2D eigenvalue weighted by atomic mass is 10.2. The molecule has 0 spiro atoms. The molecule has 0 atom stereocenters. The first-order valence-corrected chi connectivity index (χ1v) is 7.23. The minimum atomic E-state index is 0.684. The molecule has 3 nitrogen and oxygen atoms in total. The molecular formula is C13H14BrClN2O. The Kier molecular flexibility index (Phi) is 5.23. The summed E-state index contributed by atoms with van der Waals surface area (Å²) < 4.78 is 5.39. The molecule has 1 aromatic heterocycles. The zero-order valence-corrected chi connectivity index (χ0v) is 12.2. The zero-order chi connectivity index (χ0) is 12.8. The fraction of sp³-hybridized carbons (Fsp3) is 0.308. The van der Waals surface area contributed by atoms with Gasteiger partial charge in [0.25, 0.3) is 0 Å². The van der Waals surface area contributed by atoms with Crippen molar-refractivity contribution in [2.45, 2.75) is 0 Å². The minimum Gasteiger partial charge on any atom is -0.382 e. The first-order chi connectivity index (χ1) is 8.81. The van der Waals surface area contributed by atoms with Gasteiger partial charge in [0.05, 0.1) is 18.7 Å². The van der Waals surface area contributed by atoms with Gasteiger partial charge in [-0.15, -0.1) is 0 Å². The number of aromatic nitrogens is 1. The number of hydrogen-bond acceptors (Lipinski definition) is 3. The van der Waals surface area contributed by atoms with Crippen LogP contribution in [0.25, 0.3) is 10.9 Å². The standard InChI is InChI=1S/C13H14BrClN2O/c14-4-7-18-8-6-17-12-3-5-16-13-9-10(15)1-2-11(12)13/h1-3,5,9H,4,6-8H2,(H,16,17). The number of benzene rings is 1. The maximum atomic E-state index is 5.95. The van der Waals surface area contributed by atoms with Crippen molar-refractivity contribution in [2.75, 3.05) is 30.4 Å². The number of hydrogen-bond donors (Lipinski definition) is 1. The van der Waals surface area contributed by atoms with Crippen LogP contribution in [0.5, 0.6) is 0 Å². The summed E-state index contributed by atoms with van der Waals surface area (Å²) >= 11 is 9.27. The Bertz CT molecular complexity index is 521. The molecule has 2 aromatic rings. The van der Waals surface area contributed by atoms with Crippen molar-refractivity contribution in [3.05, 3.63) is 35.5 Å². The van der Waals surface area contributed by atoms with Gasteiger partial charge in [-0.2, -0.15) is 0 Å². The lowest BCUT2D eigenvalue weighted by Crippen LogP contribution is -2.10. The normalized spacial score (nSPS) is 10.8. The van der Waals surface area contributed by atoms with Gasteiger partial charge in [0.2, 0.25) is 0 Å². The van der Waals surface area contributed by atoms with Crippen LogP contribution in [0, 0.1) is 0 Å². The Morgan fingerprint density at radius 2 is 2.17 bits per heavy atom. The van der Waals surface area contributed by atoms with E-state index in [-0.39, 0.29) is 0 Å². The summed E-state index contributed by atoms with van der Waals surface area (Å²) in [5, 5.41) is 5.98. The van der Waals surface area contributed by atoms with Gasteiger partial charge in [-0.25, -0.2) is 0 Å². The maximum Gasteiger partial charge on any atom is 0.0737 e. The zero-order valence-electron chi connectivity index (χ0n) is 9.83. The van der Waals surface area contributed by atoms with E-state index in [9.17, 15) is 0 Å². The van der Waals surface area contributed by atoms with E-state index >= 15 is 0 Å². The molecule has 1 heterocycles. The van der Waals surface area contributed by atoms with E-state index in [1.807, 2.05) is 24.3 Å². The molecule has 0 aliphatic carbocycles. The number of ether oxygens (including phenoxy) is 1. The molecule has 0 saturated heterocycles. The van der Waals surface area contributed by atoms with Gasteiger partial charge in [0.1, 0.15) is 0 Å². The third-order valence-corrected chi connectivity index (χ3v) is 3.05. The highest BCUT2D eigenvalue weighted by Crippen LogP contribution is 2.23. The number of pyridine rings is 1. The molecule has 0 unspecified atom stereocenters. The molecular weight excluding hydrogens is 316 g/mol. The van der Waals surface area contributed by atoms with Crippen LogP contribution < -0.4 is 5.32 Å². The van der Waals surface area contributed by atoms with Gasteiger partial charge in [-0.05, 0) is 24.3 Å². The summed E-state index contributed by atoms with van der Waals surface area (Å²) in [4.78, 5) is 4.30. The summed E-state index contributed by atoms with van der Waals surface area (Å²) in [6, 6.07) is 7.68. The van der Waals surface area contributed by atoms with Crippen molar-refractivity contribution in [3.8, 4) is 0 Å². The molecule has 0 fully saturated rings. The summed E-state index contributed by atoms with van der Waals surface area (Å²) in [6.45, 7) is 2.19. The predicted octanol–water partition coefficient (Wildman–Crippen LogP) is 3.71. The fourth-order valence-electron chi connectivity index (χ4n) is 1.69. The van der Waals surface area contributed by atoms with Crippen molar-refractivity contribution in [1.82, 2.24) is 4.98 Å². The largest absolute Gasteiger partial charge is 0.382 e. The molecule has 0 radical (unpaired) electrons. The van der Waals surface area contributed by atoms with Gasteiger partial charge in [-0.3, -0.25) is 4.98 Å². The Morgan fingerprint density at radius 3 is 3.00 bits per heavy atom. The third kappa shape index (κ3) is 3.57. The van der Waals surface area contributed by atoms with Crippen LogP contribution in [0.4, 0.5) is 5.69 Å². The number of fused-ring (bicyclic) bond motifs is 1. The maximum absolute atomic E-state index is 5.95. The Morgan fingerprint density at radius 1 is 1.28 bits per heavy atom. The smallest absolute Gasteiger partial charge is 0.0737 e. The van der Waals surface area contributed by atoms with E-state index in [0.29, 0.717) is 11.6 Å². The molecule has 2 rings (SSSR count). The topological polar surface area (TPSA) is 34.1 Å². The van der Waals surface area contributed by atoms with Crippen LogP contribution in [0.2, 0.25) is 5.02 Å². The van der Waals surface area contributed by atoms with Gasteiger partial charge in [-0.1, -0.05) is 27.5 Å². The van der Waals surface area contributed by atoms with E-state index in [0.717, 1.165) is 35.1 Å². The summed E-state index contributed by atoms with van der Waals surface area (Å²) in [5.74, 6) is 0. The number of rotatable bonds is 6. The lowest BCUT2D eigenvalue weighted by Gasteiger charge is -2.09. The van der Waals surface area contributed by atoms with E-state index < -0.39 is 0 Å². The van der Waals surface area contributed by atoms with Crippen molar-refractivity contribution in [2.24, 2.45) is 0 Å². The van der Waals surface area contributed by atoms with Crippen molar-refractivity contribution in [3.63, 3.8) is 0 Å². The van der Waals surface area contributed by atoms with Crippen LogP contribution in [-0.2, 0) is 4.74 Å². The lowest BCUT2D eigenvalue weighted by molar-refractivity contribution is 0.161. The van der Waals surface area contributed by atoms with Crippen LogP contribution in [0.3, 0.4) is 0 Å². The highest BCUT2D eigenvalue weighted by atomic mass is 79.9. The summed E-state index contributed by atoms with van der Waals surface area (Å²) in [6.07, 6.45) is 1.78. The fourth-order valence-corrected chi connectivity index (χ4v) is 2.09. The molecule has 0 bridgehead atoms. The second-order valence-electron chi connectivity index (χ2n) is 3.75. The third-order valence-electron chi connectivity index (χ3n) is 2.49. The molecule has 96 valence electrons. The van der Waals surface area contributed by atoms with Crippen molar-refractivity contribution in [1.29, 1.82) is 0 Å².